The summed E-state index contributed by atoms with van der Waals surface area (Å²) in [5.74, 6) is 0.780. The molecule has 0 unspecified atom stereocenters. The molecule has 2 aromatic heterocycles. The number of aromatic amines is 1. The molecule has 0 saturated heterocycles. The minimum Gasteiger partial charge on any atom is -0.344 e. The number of nitrogens with one attached hydrogen (secondary N) is 2. The van der Waals surface area contributed by atoms with Crippen molar-refractivity contribution in [1.82, 2.24) is 29.6 Å². The second-order valence-corrected chi connectivity index (χ2v) is 6.02. The molecule has 0 radical (unpaired) electrons. The molecular weight excluding hydrogens is 312 g/mol. The van der Waals surface area contributed by atoms with E-state index in [1.54, 1.807) is 11.6 Å². The lowest BCUT2D eigenvalue weighted by molar-refractivity contribution is -0.122. The molecule has 2 N–H and O–H groups in total. The van der Waals surface area contributed by atoms with Crippen LogP contribution in [0.4, 0.5) is 0 Å². The maximum Gasteiger partial charge on any atom is 0.328 e. The topological polar surface area (TPSA) is 115 Å². The number of carbonyl (C=O) groups excluding carboxylic acids is 1. The Morgan fingerprint density at radius 3 is 2.88 bits per heavy atom. The highest BCUT2D eigenvalue weighted by Crippen LogP contribution is 2.40. The number of aromatic nitrogens is 5. The van der Waals surface area contributed by atoms with E-state index < -0.39 is 11.2 Å². The van der Waals surface area contributed by atoms with Crippen LogP contribution in [0.2, 0.25) is 0 Å². The van der Waals surface area contributed by atoms with Crippen molar-refractivity contribution in [3.8, 4) is 0 Å². The van der Waals surface area contributed by atoms with E-state index in [2.05, 4.69) is 20.4 Å². The molecule has 0 aliphatic heterocycles. The molecule has 9 nitrogen and oxygen atoms in total. The zero-order chi connectivity index (χ0) is 17.3. The number of carbonyl (C=O) groups is 1. The van der Waals surface area contributed by atoms with Crippen molar-refractivity contribution in [2.45, 2.75) is 45.8 Å². The van der Waals surface area contributed by atoms with E-state index in [0.29, 0.717) is 18.0 Å². The lowest BCUT2D eigenvalue weighted by Crippen LogP contribution is -2.39. The van der Waals surface area contributed by atoms with Crippen LogP contribution in [0.1, 0.15) is 37.2 Å². The predicted octanol–water partition coefficient (Wildman–Crippen LogP) is -0.276. The first-order chi connectivity index (χ1) is 11.5. The standard InChI is InChI=1S/C15H20N6O3/c1-3-21-13(16-8-17-21)12(10-4-5-10)18-11(22)7-20-6-9(2)14(23)19-15(20)24/h6,8,10,12H,3-5,7H2,1-2H3,(H,18,22)(H,19,23,24)/t12-/m0/s1. The Morgan fingerprint density at radius 2 is 2.21 bits per heavy atom. The molecule has 1 amide bonds. The Hall–Kier alpha value is -2.71. The van der Waals surface area contributed by atoms with Crippen LogP contribution in [0.25, 0.3) is 0 Å². The van der Waals surface area contributed by atoms with Gasteiger partial charge in [-0.05, 0) is 32.6 Å². The summed E-state index contributed by atoms with van der Waals surface area (Å²) in [6.45, 7) is 4.07. The summed E-state index contributed by atoms with van der Waals surface area (Å²) in [5.41, 5.74) is -0.657. The van der Waals surface area contributed by atoms with E-state index in [1.165, 1.54) is 17.1 Å². The van der Waals surface area contributed by atoms with E-state index in [-0.39, 0.29) is 18.5 Å². The van der Waals surface area contributed by atoms with Crippen molar-refractivity contribution >= 4 is 5.91 Å². The summed E-state index contributed by atoms with van der Waals surface area (Å²) in [7, 11) is 0. The fraction of sp³-hybridized carbons (Fsp3) is 0.533. The second kappa shape index (κ2) is 6.42. The predicted molar refractivity (Wildman–Crippen MR) is 85.4 cm³/mol. The van der Waals surface area contributed by atoms with Crippen molar-refractivity contribution in [2.75, 3.05) is 0 Å². The molecule has 9 heteroatoms. The van der Waals surface area contributed by atoms with Crippen LogP contribution in [0.3, 0.4) is 0 Å². The number of hydrogen-bond acceptors (Lipinski definition) is 5. The summed E-state index contributed by atoms with van der Waals surface area (Å²) >= 11 is 0. The third kappa shape index (κ3) is 3.29. The van der Waals surface area contributed by atoms with Gasteiger partial charge in [-0.3, -0.25) is 19.1 Å². The maximum atomic E-state index is 12.4. The molecule has 1 saturated carbocycles. The Balaban J connectivity index is 1.77. The quantitative estimate of drug-likeness (QED) is 0.755. The van der Waals surface area contributed by atoms with E-state index in [0.717, 1.165) is 18.7 Å². The number of nitrogens with zero attached hydrogens (tertiary/aromatic N) is 4. The summed E-state index contributed by atoms with van der Waals surface area (Å²) in [6.07, 6.45) is 4.93. The van der Waals surface area contributed by atoms with Crippen LogP contribution in [0.15, 0.2) is 22.1 Å². The number of aryl methyl sites for hydroxylation is 2. The van der Waals surface area contributed by atoms with E-state index in [1.807, 2.05) is 6.92 Å². The molecule has 2 aromatic rings. The first kappa shape index (κ1) is 16.2. The smallest absolute Gasteiger partial charge is 0.328 e. The Bertz CT molecular complexity index is 861. The van der Waals surface area contributed by atoms with Gasteiger partial charge in [0.1, 0.15) is 18.7 Å². The molecule has 2 heterocycles. The van der Waals surface area contributed by atoms with Gasteiger partial charge in [-0.1, -0.05) is 0 Å². The number of hydrogen-bond donors (Lipinski definition) is 2. The van der Waals surface area contributed by atoms with Crippen LogP contribution < -0.4 is 16.6 Å². The fourth-order valence-corrected chi connectivity index (χ4v) is 2.69. The Morgan fingerprint density at radius 1 is 1.46 bits per heavy atom. The highest BCUT2D eigenvalue weighted by molar-refractivity contribution is 5.76. The van der Waals surface area contributed by atoms with Gasteiger partial charge in [0.2, 0.25) is 5.91 Å². The lowest BCUT2D eigenvalue weighted by Gasteiger charge is -2.18. The van der Waals surface area contributed by atoms with Gasteiger partial charge in [-0.2, -0.15) is 5.10 Å². The first-order valence-corrected chi connectivity index (χ1v) is 7.97. The van der Waals surface area contributed by atoms with Crippen LogP contribution in [0.5, 0.6) is 0 Å². The molecular formula is C15H20N6O3. The summed E-state index contributed by atoms with van der Waals surface area (Å²) in [5, 5.41) is 7.10. The Kier molecular flexibility index (Phi) is 4.32. The molecule has 1 atom stereocenters. The second-order valence-electron chi connectivity index (χ2n) is 6.02. The normalized spacial score (nSPS) is 15.2. The van der Waals surface area contributed by atoms with E-state index >= 15 is 0 Å². The molecule has 0 aromatic carbocycles. The zero-order valence-electron chi connectivity index (χ0n) is 13.7. The third-order valence-electron chi connectivity index (χ3n) is 4.14. The highest BCUT2D eigenvalue weighted by Gasteiger charge is 2.36. The number of rotatable bonds is 6. The summed E-state index contributed by atoms with van der Waals surface area (Å²) < 4.78 is 2.96. The van der Waals surface area contributed by atoms with E-state index in [4.69, 9.17) is 0 Å². The van der Waals surface area contributed by atoms with Crippen molar-refractivity contribution in [1.29, 1.82) is 0 Å². The van der Waals surface area contributed by atoms with Crippen LogP contribution in [0, 0.1) is 12.8 Å². The average Bonchev–Trinajstić information content (AvgIpc) is 3.27. The van der Waals surface area contributed by atoms with Crippen LogP contribution in [-0.4, -0.2) is 30.2 Å². The van der Waals surface area contributed by atoms with Gasteiger partial charge in [0.05, 0.1) is 6.04 Å². The Labute approximate surface area is 137 Å². The van der Waals surface area contributed by atoms with Gasteiger partial charge in [0.15, 0.2) is 0 Å². The van der Waals surface area contributed by atoms with Crippen LogP contribution >= 0.6 is 0 Å². The van der Waals surface area contributed by atoms with Gasteiger partial charge in [0.25, 0.3) is 5.56 Å². The minimum absolute atomic E-state index is 0.153. The number of H-pyrrole nitrogens is 1. The molecule has 24 heavy (non-hydrogen) atoms. The molecule has 1 aliphatic carbocycles. The minimum atomic E-state index is -0.597. The lowest BCUT2D eigenvalue weighted by atomic mass is 10.1. The van der Waals surface area contributed by atoms with Gasteiger partial charge in [-0.15, -0.1) is 0 Å². The van der Waals surface area contributed by atoms with Crippen molar-refractivity contribution < 1.29 is 4.79 Å². The van der Waals surface area contributed by atoms with Gasteiger partial charge >= 0.3 is 5.69 Å². The van der Waals surface area contributed by atoms with Crippen molar-refractivity contribution in [3.05, 3.63) is 44.8 Å². The fourth-order valence-electron chi connectivity index (χ4n) is 2.69. The van der Waals surface area contributed by atoms with Gasteiger partial charge in [0, 0.05) is 18.3 Å². The van der Waals surface area contributed by atoms with Crippen LogP contribution in [-0.2, 0) is 17.9 Å². The monoisotopic (exact) mass is 332 g/mol. The molecule has 0 bridgehead atoms. The summed E-state index contributed by atoms with van der Waals surface area (Å²) in [4.78, 5) is 42.0. The summed E-state index contributed by atoms with van der Waals surface area (Å²) in [6, 6.07) is -0.209. The zero-order valence-corrected chi connectivity index (χ0v) is 13.7. The highest BCUT2D eigenvalue weighted by atomic mass is 16.2. The molecule has 1 fully saturated rings. The SMILES string of the molecule is CCn1ncnc1[C@@H](NC(=O)Cn1cc(C)c(=O)[nH]c1=O)C1CC1. The molecule has 0 spiro atoms. The largest absolute Gasteiger partial charge is 0.344 e. The molecule has 1 aliphatic rings. The van der Waals surface area contributed by atoms with Crippen molar-refractivity contribution in [3.63, 3.8) is 0 Å². The van der Waals surface area contributed by atoms with Gasteiger partial charge < -0.3 is 5.32 Å². The van der Waals surface area contributed by atoms with Gasteiger partial charge in [-0.25, -0.2) is 14.5 Å². The first-order valence-electron chi connectivity index (χ1n) is 7.97. The molecule has 3 rings (SSSR count). The number of amides is 1. The molecule has 128 valence electrons. The third-order valence-corrected chi connectivity index (χ3v) is 4.14. The van der Waals surface area contributed by atoms with Crippen molar-refractivity contribution in [2.24, 2.45) is 5.92 Å². The maximum absolute atomic E-state index is 12.4. The van der Waals surface area contributed by atoms with E-state index in [9.17, 15) is 14.4 Å². The average molecular weight is 332 g/mol.